The van der Waals surface area contributed by atoms with E-state index in [1.807, 2.05) is 0 Å². The van der Waals surface area contributed by atoms with Gasteiger partial charge < -0.3 is 16.0 Å². The number of unbranched alkanes of at least 4 members (excludes halogenated alkanes) is 1. The second-order valence-electron chi connectivity index (χ2n) is 2.99. The lowest BCUT2D eigenvalue weighted by atomic mass is 9.96. The minimum atomic E-state index is -1.24. The second kappa shape index (κ2) is 5.08. The monoisotopic (exact) mass is 176 g/mol. The van der Waals surface area contributed by atoms with Crippen LogP contribution in [0.2, 0.25) is 0 Å². The number of carboxylic acids is 1. The van der Waals surface area contributed by atoms with E-state index in [9.17, 15) is 4.79 Å². The van der Waals surface area contributed by atoms with E-state index in [-0.39, 0.29) is 0 Å². The Morgan fingerprint density at radius 3 is 2.50 bits per heavy atom. The average Bonchev–Trinajstić information content (AvgIpc) is 2.04. The van der Waals surface area contributed by atoms with Gasteiger partial charge in [0, 0.05) is 0 Å². The van der Waals surface area contributed by atoms with Crippen molar-refractivity contribution >= 4 is 5.97 Å². The quantitative estimate of drug-likeness (QED) is 0.336. The largest absolute Gasteiger partial charge is 0.480 e. The molecule has 0 spiro atoms. The smallest absolute Gasteiger partial charge is 0.325 e. The number of hydrogen-bond donors (Lipinski definition) is 4. The van der Waals surface area contributed by atoms with Crippen LogP contribution < -0.4 is 11.2 Å². The van der Waals surface area contributed by atoms with Gasteiger partial charge in [-0.05, 0) is 32.7 Å². The Hall–Kier alpha value is -0.650. The molecule has 12 heavy (non-hydrogen) atoms. The van der Waals surface area contributed by atoms with Crippen molar-refractivity contribution in [1.82, 2.24) is 5.48 Å². The van der Waals surface area contributed by atoms with Crippen molar-refractivity contribution in [2.45, 2.75) is 31.7 Å². The molecule has 1 unspecified atom stereocenters. The van der Waals surface area contributed by atoms with Gasteiger partial charge in [-0.1, -0.05) is 0 Å². The SMILES string of the molecule is CC(CCCCN)(NO)C(=O)O. The zero-order valence-corrected chi connectivity index (χ0v) is 7.21. The van der Waals surface area contributed by atoms with Gasteiger partial charge in [0.25, 0.3) is 0 Å². The van der Waals surface area contributed by atoms with Crippen LogP contribution in [0.25, 0.3) is 0 Å². The predicted octanol–water partition coefficient (Wildman–Crippen LogP) is -0.0625. The van der Waals surface area contributed by atoms with Crippen LogP contribution in [0.4, 0.5) is 0 Å². The molecular weight excluding hydrogens is 160 g/mol. The molecule has 0 aromatic carbocycles. The van der Waals surface area contributed by atoms with E-state index in [0.29, 0.717) is 19.4 Å². The van der Waals surface area contributed by atoms with E-state index < -0.39 is 11.5 Å². The van der Waals surface area contributed by atoms with E-state index in [1.54, 1.807) is 5.48 Å². The van der Waals surface area contributed by atoms with Gasteiger partial charge >= 0.3 is 5.97 Å². The topological polar surface area (TPSA) is 95.6 Å². The van der Waals surface area contributed by atoms with Gasteiger partial charge in [0.15, 0.2) is 0 Å². The highest BCUT2D eigenvalue weighted by Crippen LogP contribution is 2.12. The van der Waals surface area contributed by atoms with Crippen LogP contribution in [0, 0.1) is 0 Å². The molecular formula is C7H16N2O3. The standard InChI is InChI=1S/C7H16N2O3/c1-7(9-12,6(10)11)4-2-3-5-8/h9,12H,2-5,8H2,1H3,(H,10,11). The first-order valence-electron chi connectivity index (χ1n) is 3.91. The molecule has 0 aliphatic rings. The van der Waals surface area contributed by atoms with E-state index in [4.69, 9.17) is 16.0 Å². The van der Waals surface area contributed by atoms with Crippen molar-refractivity contribution in [2.24, 2.45) is 5.73 Å². The summed E-state index contributed by atoms with van der Waals surface area (Å²) in [6.07, 6.45) is 1.83. The summed E-state index contributed by atoms with van der Waals surface area (Å²) < 4.78 is 0. The van der Waals surface area contributed by atoms with Crippen LogP contribution in [0.1, 0.15) is 26.2 Å². The third-order valence-electron chi connectivity index (χ3n) is 1.85. The molecule has 1 atom stereocenters. The maximum atomic E-state index is 10.6. The minimum Gasteiger partial charge on any atom is -0.480 e. The molecule has 5 heteroatoms. The van der Waals surface area contributed by atoms with Gasteiger partial charge in [0.1, 0.15) is 5.54 Å². The van der Waals surface area contributed by atoms with Crippen molar-refractivity contribution in [3.8, 4) is 0 Å². The summed E-state index contributed by atoms with van der Waals surface area (Å²) in [4.78, 5) is 10.6. The lowest BCUT2D eigenvalue weighted by molar-refractivity contribution is -0.149. The number of rotatable bonds is 6. The molecule has 0 heterocycles. The highest BCUT2D eigenvalue weighted by atomic mass is 16.5. The maximum absolute atomic E-state index is 10.6. The Morgan fingerprint density at radius 2 is 2.17 bits per heavy atom. The van der Waals surface area contributed by atoms with Crippen LogP contribution in [0.3, 0.4) is 0 Å². The fourth-order valence-electron chi connectivity index (χ4n) is 0.834. The highest BCUT2D eigenvalue weighted by molar-refractivity contribution is 5.77. The molecule has 0 fully saturated rings. The van der Waals surface area contributed by atoms with Gasteiger partial charge in [-0.3, -0.25) is 4.79 Å². The fourth-order valence-corrected chi connectivity index (χ4v) is 0.834. The van der Waals surface area contributed by atoms with Gasteiger partial charge in [0.2, 0.25) is 0 Å². The van der Waals surface area contributed by atoms with Crippen LogP contribution >= 0.6 is 0 Å². The van der Waals surface area contributed by atoms with E-state index >= 15 is 0 Å². The lowest BCUT2D eigenvalue weighted by Gasteiger charge is -2.22. The van der Waals surface area contributed by atoms with Crippen LogP contribution in [0.5, 0.6) is 0 Å². The molecule has 0 aliphatic heterocycles. The summed E-state index contributed by atoms with van der Waals surface area (Å²) >= 11 is 0. The first kappa shape index (κ1) is 11.4. The minimum absolute atomic E-state index is 0.371. The molecule has 0 radical (unpaired) electrons. The molecule has 5 N–H and O–H groups in total. The van der Waals surface area contributed by atoms with Gasteiger partial charge in [-0.25, -0.2) is 0 Å². The summed E-state index contributed by atoms with van der Waals surface area (Å²) in [6, 6.07) is 0. The zero-order valence-electron chi connectivity index (χ0n) is 7.21. The van der Waals surface area contributed by atoms with Crippen molar-refractivity contribution in [1.29, 1.82) is 0 Å². The molecule has 0 aliphatic carbocycles. The molecule has 0 bridgehead atoms. The summed E-state index contributed by atoms with van der Waals surface area (Å²) in [6.45, 7) is 1.98. The Bertz CT molecular complexity index is 152. The van der Waals surface area contributed by atoms with Crippen molar-refractivity contribution in [3.63, 3.8) is 0 Å². The second-order valence-corrected chi connectivity index (χ2v) is 2.99. The van der Waals surface area contributed by atoms with E-state index in [0.717, 1.165) is 6.42 Å². The highest BCUT2D eigenvalue weighted by Gasteiger charge is 2.31. The molecule has 0 aromatic rings. The number of hydroxylamine groups is 1. The number of aliphatic carboxylic acids is 1. The van der Waals surface area contributed by atoms with E-state index in [2.05, 4.69) is 0 Å². The van der Waals surface area contributed by atoms with Gasteiger partial charge in [-0.15, -0.1) is 0 Å². The average molecular weight is 176 g/mol. The normalized spacial score (nSPS) is 15.6. The molecule has 0 saturated carbocycles. The van der Waals surface area contributed by atoms with Gasteiger partial charge in [0.05, 0.1) is 0 Å². The Morgan fingerprint density at radius 1 is 1.58 bits per heavy atom. The summed E-state index contributed by atoms with van der Waals surface area (Å²) in [7, 11) is 0. The molecule has 5 nitrogen and oxygen atoms in total. The van der Waals surface area contributed by atoms with Crippen molar-refractivity contribution < 1.29 is 15.1 Å². The van der Waals surface area contributed by atoms with Crippen LogP contribution in [-0.2, 0) is 4.79 Å². The number of hydrogen-bond acceptors (Lipinski definition) is 4. The van der Waals surface area contributed by atoms with E-state index in [1.165, 1.54) is 6.92 Å². The molecule has 0 saturated heterocycles. The Labute approximate surface area is 71.5 Å². The Kier molecular flexibility index (Phi) is 4.80. The zero-order chi connectivity index (χ0) is 9.61. The molecule has 0 amide bonds. The van der Waals surface area contributed by atoms with Crippen molar-refractivity contribution in [3.05, 3.63) is 0 Å². The molecule has 72 valence electrons. The molecule has 0 aromatic heterocycles. The number of carbonyl (C=O) groups is 1. The lowest BCUT2D eigenvalue weighted by Crippen LogP contribution is -2.47. The van der Waals surface area contributed by atoms with Gasteiger partial charge in [-0.2, -0.15) is 5.48 Å². The number of carboxylic acid groups (broad SMARTS) is 1. The predicted molar refractivity (Wildman–Crippen MR) is 43.9 cm³/mol. The third kappa shape index (κ3) is 3.17. The molecule has 0 rings (SSSR count). The van der Waals surface area contributed by atoms with Crippen LogP contribution in [-0.4, -0.2) is 28.4 Å². The first-order chi connectivity index (χ1) is 5.56. The number of nitrogens with two attached hydrogens (primary N) is 1. The Balaban J connectivity index is 3.88. The van der Waals surface area contributed by atoms with Crippen LogP contribution in [0.15, 0.2) is 0 Å². The van der Waals surface area contributed by atoms with Crippen molar-refractivity contribution in [2.75, 3.05) is 6.54 Å². The number of nitrogens with one attached hydrogen (secondary N) is 1. The summed E-state index contributed by atoms with van der Waals surface area (Å²) in [5, 5.41) is 17.3. The first-order valence-corrected chi connectivity index (χ1v) is 3.91. The summed E-state index contributed by atoms with van der Waals surface area (Å²) in [5.74, 6) is -1.05. The third-order valence-corrected chi connectivity index (χ3v) is 1.85. The maximum Gasteiger partial charge on any atom is 0.325 e. The summed E-state index contributed by atoms with van der Waals surface area (Å²) in [5.41, 5.74) is 5.80. The fraction of sp³-hybridized carbons (Fsp3) is 0.857.